The summed E-state index contributed by atoms with van der Waals surface area (Å²) in [5.41, 5.74) is 7.10. The van der Waals surface area contributed by atoms with Crippen molar-refractivity contribution in [1.29, 1.82) is 0 Å². The number of aromatic nitrogens is 1. The van der Waals surface area contributed by atoms with Crippen molar-refractivity contribution in [3.05, 3.63) is 130 Å². The van der Waals surface area contributed by atoms with Crippen molar-refractivity contribution < 1.29 is 9.84 Å². The number of hydrogen-bond acceptors (Lipinski definition) is 6. The summed E-state index contributed by atoms with van der Waals surface area (Å²) >= 11 is 3.49. The highest BCUT2D eigenvalue weighted by Crippen LogP contribution is 2.55. The fraction of sp³-hybridized carbons (Fsp3) is 0.477. The van der Waals surface area contributed by atoms with E-state index in [0.717, 1.165) is 46.4 Å². The topological polar surface area (TPSA) is 60.9 Å². The number of halogens is 1. The van der Waals surface area contributed by atoms with E-state index in [9.17, 15) is 5.11 Å². The van der Waals surface area contributed by atoms with Crippen LogP contribution in [0.4, 0.5) is 0 Å². The van der Waals surface area contributed by atoms with Gasteiger partial charge in [0.2, 0.25) is 0 Å². The maximum Gasteiger partial charge on any atom is 0.119 e. The number of nitrogens with zero attached hydrogens (tertiary/aromatic N) is 3. The number of ether oxygens (including phenoxy) is 1. The number of aliphatic hydroxyl groups is 1. The lowest BCUT2D eigenvalue weighted by atomic mass is 9.52. The van der Waals surface area contributed by atoms with Gasteiger partial charge in [0.25, 0.3) is 0 Å². The molecule has 0 radical (unpaired) electrons. The van der Waals surface area contributed by atoms with Crippen LogP contribution >= 0.6 is 15.9 Å². The number of nitrogens with one attached hydrogen (secondary N) is 1. The van der Waals surface area contributed by atoms with Gasteiger partial charge in [0, 0.05) is 39.8 Å². The molecule has 1 saturated carbocycles. The van der Waals surface area contributed by atoms with Crippen LogP contribution in [0.3, 0.4) is 0 Å². The van der Waals surface area contributed by atoms with Gasteiger partial charge in [0.15, 0.2) is 0 Å². The number of aliphatic hydroxyl groups excluding tert-OH is 1. The molecule has 1 unspecified atom stereocenters. The maximum absolute atomic E-state index is 9.73. The van der Waals surface area contributed by atoms with Crippen LogP contribution in [-0.2, 0) is 11.8 Å². The Hall–Kier alpha value is -3.07. The Morgan fingerprint density at radius 1 is 0.980 bits per heavy atom. The van der Waals surface area contributed by atoms with E-state index in [1.165, 1.54) is 50.6 Å². The molecular weight excluding hydrogens is 696 g/mol. The molecule has 0 amide bonds. The van der Waals surface area contributed by atoms with Gasteiger partial charge in [0.05, 0.1) is 13.2 Å². The van der Waals surface area contributed by atoms with E-state index in [4.69, 9.17) is 4.74 Å². The number of methoxy groups -OCH3 is 1. The molecule has 2 bridgehead atoms. The summed E-state index contributed by atoms with van der Waals surface area (Å²) in [5.74, 6) is 2.27. The smallest absolute Gasteiger partial charge is 0.119 e. The van der Waals surface area contributed by atoms with Crippen LogP contribution < -0.4 is 10.1 Å². The number of likely N-dealkylation sites (tertiary alicyclic amines) is 1. The predicted molar refractivity (Wildman–Crippen MR) is 215 cm³/mol. The zero-order chi connectivity index (χ0) is 36.4. The lowest BCUT2D eigenvalue weighted by molar-refractivity contribution is 0.00274. The lowest BCUT2D eigenvalue weighted by Gasteiger charge is -2.58. The molecule has 2 N–H and O–H groups in total. The summed E-state index contributed by atoms with van der Waals surface area (Å²) in [5, 5.41) is 12.7. The number of piperidine rings is 1. The molecule has 7 heteroatoms. The highest BCUT2D eigenvalue weighted by molar-refractivity contribution is 9.10. The summed E-state index contributed by atoms with van der Waals surface area (Å²) < 4.78 is 6.62. The second-order valence-electron chi connectivity index (χ2n) is 14.9. The largest absolute Gasteiger partial charge is 0.497 e. The normalized spacial score (nSPS) is 22.5. The summed E-state index contributed by atoms with van der Waals surface area (Å²) in [6.45, 7) is 4.27. The van der Waals surface area contributed by atoms with Crippen molar-refractivity contribution in [1.82, 2.24) is 20.1 Å². The molecular formula is C44H59BrN4O2. The van der Waals surface area contributed by atoms with Gasteiger partial charge in [-0.3, -0.25) is 4.98 Å². The third-order valence-corrected chi connectivity index (χ3v) is 12.1. The van der Waals surface area contributed by atoms with E-state index in [2.05, 4.69) is 112 Å². The Labute approximate surface area is 315 Å². The van der Waals surface area contributed by atoms with Gasteiger partial charge in [-0.25, -0.2) is 0 Å². The Bertz CT molecular complexity index is 1620. The molecule has 51 heavy (non-hydrogen) atoms. The first-order chi connectivity index (χ1) is 24.7. The quantitative estimate of drug-likeness (QED) is 0.179. The van der Waals surface area contributed by atoms with Crippen LogP contribution in [-0.4, -0.2) is 80.4 Å². The van der Waals surface area contributed by atoms with Crippen LogP contribution in [0.2, 0.25) is 0 Å². The van der Waals surface area contributed by atoms with Gasteiger partial charge in [-0.05, 0) is 145 Å². The number of pyridine rings is 1. The fourth-order valence-corrected chi connectivity index (χ4v) is 8.81. The summed E-state index contributed by atoms with van der Waals surface area (Å²) in [7, 11) is 10.2. The monoisotopic (exact) mass is 754 g/mol. The van der Waals surface area contributed by atoms with Gasteiger partial charge in [-0.15, -0.1) is 0 Å². The molecule has 6 nitrogen and oxygen atoms in total. The first-order valence-corrected chi connectivity index (χ1v) is 19.5. The molecule has 3 aromatic carbocycles. The Balaban J connectivity index is 0.000000154. The van der Waals surface area contributed by atoms with Crippen molar-refractivity contribution in [2.75, 3.05) is 48.4 Å². The zero-order valence-corrected chi connectivity index (χ0v) is 33.1. The Morgan fingerprint density at radius 3 is 2.39 bits per heavy atom. The molecule has 1 aromatic heterocycles. The lowest BCUT2D eigenvalue weighted by Crippen LogP contribution is -2.59. The van der Waals surface area contributed by atoms with Crippen molar-refractivity contribution in [3.8, 4) is 5.75 Å². The number of hydrogen-bond donors (Lipinski definition) is 2. The molecule has 4 aromatic rings. The second kappa shape index (κ2) is 18.6. The number of fused-ring (bicyclic) bond motifs is 1. The Kier molecular flexibility index (Phi) is 14.3. The van der Waals surface area contributed by atoms with Crippen molar-refractivity contribution >= 4 is 15.9 Å². The SMILES string of the molecule is CN(C)CCC(c1ccc(Br)cc1)c1ccccn1.CN[C@@H](C)[C@@H](O)c1ccccc1.COc1ccc2c(c1)[C@]13CCCC[C@@H]1[C@H](C2)N(C)CC3. The molecule has 1 aliphatic heterocycles. The third kappa shape index (κ3) is 9.68. The molecule has 2 aliphatic carbocycles. The van der Waals surface area contributed by atoms with Gasteiger partial charge < -0.3 is 25.0 Å². The van der Waals surface area contributed by atoms with Crippen molar-refractivity contribution in [3.63, 3.8) is 0 Å². The minimum absolute atomic E-state index is 0.0902. The summed E-state index contributed by atoms with van der Waals surface area (Å²) in [6.07, 6.45) is 10.7. The molecule has 3 aliphatic rings. The maximum atomic E-state index is 9.73. The molecule has 6 atom stereocenters. The zero-order valence-electron chi connectivity index (χ0n) is 31.6. The van der Waals surface area contributed by atoms with E-state index in [-0.39, 0.29) is 6.04 Å². The van der Waals surface area contributed by atoms with Gasteiger partial charge in [-0.2, -0.15) is 0 Å². The summed E-state index contributed by atoms with van der Waals surface area (Å²) in [6, 6.07) is 32.0. The van der Waals surface area contributed by atoms with Crippen LogP contribution in [0.1, 0.15) is 85.4 Å². The van der Waals surface area contributed by atoms with Crippen LogP contribution in [0, 0.1) is 5.92 Å². The van der Waals surface area contributed by atoms with Gasteiger partial charge in [-0.1, -0.05) is 83.4 Å². The molecule has 0 spiro atoms. The number of likely N-dealkylation sites (N-methyl/N-ethyl adjacent to an activating group) is 2. The standard InChI is InChI=1S/C18H25NO.C16H19BrN2.C10H15NO/c1-19-10-9-18-8-4-3-5-15(18)17(19)11-13-6-7-14(20-2)12-16(13)18;1-19(2)12-10-15(16-5-3-4-11-18-16)13-6-8-14(17)9-7-13;1-8(11-2)10(12)9-6-4-3-5-7-9/h6-7,12,15,17H,3-5,8-11H2,1-2H3;3-9,11,15H,10,12H2,1-2H3;3-8,10-12H,1-2H3/t15-,17+,18+;;8-,10+/m1.0/s1. The van der Waals surface area contributed by atoms with Crippen molar-refractivity contribution in [2.45, 2.75) is 81.4 Å². The molecule has 2 fully saturated rings. The highest BCUT2D eigenvalue weighted by atomic mass is 79.9. The third-order valence-electron chi connectivity index (χ3n) is 11.6. The van der Waals surface area contributed by atoms with Crippen LogP contribution in [0.25, 0.3) is 0 Å². The number of benzene rings is 3. The number of rotatable bonds is 9. The molecule has 2 heterocycles. The highest BCUT2D eigenvalue weighted by Gasteiger charge is 2.53. The van der Waals surface area contributed by atoms with E-state index < -0.39 is 6.10 Å². The Morgan fingerprint density at radius 2 is 1.73 bits per heavy atom. The minimum atomic E-state index is -0.420. The van der Waals surface area contributed by atoms with E-state index in [1.54, 1.807) is 18.2 Å². The second-order valence-corrected chi connectivity index (χ2v) is 15.8. The van der Waals surface area contributed by atoms with E-state index in [1.807, 2.05) is 56.6 Å². The van der Waals surface area contributed by atoms with Crippen LogP contribution in [0.5, 0.6) is 5.75 Å². The molecule has 1 saturated heterocycles. The van der Waals surface area contributed by atoms with Gasteiger partial charge >= 0.3 is 0 Å². The van der Waals surface area contributed by atoms with E-state index in [0.29, 0.717) is 11.3 Å². The first-order valence-electron chi connectivity index (χ1n) is 18.8. The summed E-state index contributed by atoms with van der Waals surface area (Å²) in [4.78, 5) is 9.37. The minimum Gasteiger partial charge on any atom is -0.497 e. The van der Waals surface area contributed by atoms with Gasteiger partial charge in [0.1, 0.15) is 5.75 Å². The first kappa shape index (κ1) is 39.1. The van der Waals surface area contributed by atoms with Crippen LogP contribution in [0.15, 0.2) is 102 Å². The van der Waals surface area contributed by atoms with Crippen molar-refractivity contribution in [2.24, 2.45) is 5.92 Å². The fourth-order valence-electron chi connectivity index (χ4n) is 8.55. The van der Waals surface area contributed by atoms with E-state index >= 15 is 0 Å². The average molecular weight is 756 g/mol. The molecule has 7 rings (SSSR count). The predicted octanol–water partition coefficient (Wildman–Crippen LogP) is 8.64. The average Bonchev–Trinajstić information content (AvgIpc) is 3.17. The molecule has 274 valence electrons.